The third-order valence-electron chi connectivity index (χ3n) is 4.41. The van der Waals surface area contributed by atoms with Gasteiger partial charge in [-0.15, -0.1) is 0 Å². The molecule has 0 amide bonds. The summed E-state index contributed by atoms with van der Waals surface area (Å²) >= 11 is 0. The highest BCUT2D eigenvalue weighted by atomic mass is 19.3. The molecular weight excluding hydrogens is 326 g/mol. The molecule has 0 saturated carbocycles. The van der Waals surface area contributed by atoms with Gasteiger partial charge in [-0.25, -0.2) is 0 Å². The van der Waals surface area contributed by atoms with Gasteiger partial charge >= 0.3 is 6.61 Å². The van der Waals surface area contributed by atoms with Crippen LogP contribution < -0.4 is 10.1 Å². The normalized spacial score (nSPS) is 19.1. The van der Waals surface area contributed by atoms with Gasteiger partial charge in [0.1, 0.15) is 5.75 Å². The first-order valence-corrected chi connectivity index (χ1v) is 8.62. The third-order valence-corrected chi connectivity index (χ3v) is 4.41. The first-order valence-electron chi connectivity index (χ1n) is 8.62. The fourth-order valence-corrected chi connectivity index (χ4v) is 3.19. The zero-order chi connectivity index (χ0) is 18.2. The van der Waals surface area contributed by atoms with Crippen LogP contribution in [0.15, 0.2) is 29.3 Å². The molecule has 0 spiro atoms. The SMILES string of the molecule is CN=C(NCC1CCCN(C)C1)N(C)Cc1ccc(OC(F)F)cc1. The number of alkyl halides is 2. The first kappa shape index (κ1) is 19.4. The monoisotopic (exact) mass is 354 g/mol. The number of hydrogen-bond acceptors (Lipinski definition) is 3. The molecule has 1 aromatic carbocycles. The van der Waals surface area contributed by atoms with E-state index in [0.717, 1.165) is 24.6 Å². The van der Waals surface area contributed by atoms with Crippen molar-refractivity contribution >= 4 is 5.96 Å². The van der Waals surface area contributed by atoms with Crippen molar-refractivity contribution < 1.29 is 13.5 Å². The van der Waals surface area contributed by atoms with Gasteiger partial charge in [-0.05, 0) is 50.0 Å². The smallest absolute Gasteiger partial charge is 0.387 e. The fourth-order valence-electron chi connectivity index (χ4n) is 3.19. The Balaban J connectivity index is 1.83. The molecule has 1 unspecified atom stereocenters. The topological polar surface area (TPSA) is 40.1 Å². The van der Waals surface area contributed by atoms with Crippen LogP contribution >= 0.6 is 0 Å². The van der Waals surface area contributed by atoms with Gasteiger partial charge in [-0.3, -0.25) is 4.99 Å². The summed E-state index contributed by atoms with van der Waals surface area (Å²) < 4.78 is 28.7. The van der Waals surface area contributed by atoms with Crippen LogP contribution in [0.1, 0.15) is 18.4 Å². The number of guanidine groups is 1. The summed E-state index contributed by atoms with van der Waals surface area (Å²) in [6.45, 7) is 1.03. The predicted molar refractivity (Wildman–Crippen MR) is 96.1 cm³/mol. The van der Waals surface area contributed by atoms with E-state index < -0.39 is 6.61 Å². The Morgan fingerprint density at radius 1 is 1.40 bits per heavy atom. The number of halogens is 2. The van der Waals surface area contributed by atoms with Gasteiger partial charge in [0.2, 0.25) is 0 Å². The largest absolute Gasteiger partial charge is 0.435 e. The van der Waals surface area contributed by atoms with Crippen LogP contribution in [0.5, 0.6) is 5.75 Å². The summed E-state index contributed by atoms with van der Waals surface area (Å²) in [5, 5.41) is 3.44. The van der Waals surface area contributed by atoms with Crippen molar-refractivity contribution in [2.24, 2.45) is 10.9 Å². The van der Waals surface area contributed by atoms with Gasteiger partial charge < -0.3 is 19.9 Å². The molecular formula is C18H28F2N4O. The van der Waals surface area contributed by atoms with Crippen molar-refractivity contribution in [2.45, 2.75) is 26.0 Å². The summed E-state index contributed by atoms with van der Waals surface area (Å²) in [4.78, 5) is 8.73. The maximum atomic E-state index is 12.2. The van der Waals surface area contributed by atoms with Crippen LogP contribution in [0.3, 0.4) is 0 Å². The molecule has 1 aliphatic heterocycles. The van der Waals surface area contributed by atoms with Crippen molar-refractivity contribution in [3.8, 4) is 5.75 Å². The molecule has 1 atom stereocenters. The first-order chi connectivity index (χ1) is 12.0. The van der Waals surface area contributed by atoms with E-state index in [1.807, 2.05) is 11.9 Å². The highest BCUT2D eigenvalue weighted by Gasteiger charge is 2.18. The summed E-state index contributed by atoms with van der Waals surface area (Å²) in [6, 6.07) is 6.70. The Hall–Kier alpha value is -1.89. The predicted octanol–water partition coefficient (Wildman–Crippen LogP) is 2.64. The number of likely N-dealkylation sites (tertiary alicyclic amines) is 1. The Bertz CT molecular complexity index is 551. The Kier molecular flexibility index (Phi) is 7.43. The number of aliphatic imine (C=N–C) groups is 1. The molecule has 0 aromatic heterocycles. The van der Waals surface area contributed by atoms with E-state index in [9.17, 15) is 8.78 Å². The standard InChI is InChI=1S/C18H28F2N4O/c1-21-18(22-11-15-5-4-10-23(2)12-15)24(3)13-14-6-8-16(9-7-14)25-17(19)20/h6-9,15,17H,4-5,10-13H2,1-3H3,(H,21,22). The minimum Gasteiger partial charge on any atom is -0.435 e. The van der Waals surface area contributed by atoms with E-state index in [0.29, 0.717) is 12.5 Å². The molecule has 5 nitrogen and oxygen atoms in total. The van der Waals surface area contributed by atoms with Crippen LogP contribution in [-0.4, -0.2) is 63.1 Å². The Morgan fingerprint density at radius 2 is 2.12 bits per heavy atom. The van der Waals surface area contributed by atoms with E-state index >= 15 is 0 Å². The molecule has 1 aromatic rings. The average molecular weight is 354 g/mol. The van der Waals surface area contributed by atoms with Crippen molar-refractivity contribution in [3.63, 3.8) is 0 Å². The second kappa shape index (κ2) is 9.56. The lowest BCUT2D eigenvalue weighted by molar-refractivity contribution is -0.0498. The quantitative estimate of drug-likeness (QED) is 0.630. The lowest BCUT2D eigenvalue weighted by Gasteiger charge is -2.31. The average Bonchev–Trinajstić information content (AvgIpc) is 2.57. The maximum absolute atomic E-state index is 12.2. The van der Waals surface area contributed by atoms with Gasteiger partial charge in [0, 0.05) is 33.7 Å². The van der Waals surface area contributed by atoms with Crippen molar-refractivity contribution in [1.82, 2.24) is 15.1 Å². The van der Waals surface area contributed by atoms with Gasteiger partial charge in [0.15, 0.2) is 5.96 Å². The van der Waals surface area contributed by atoms with E-state index in [1.165, 1.54) is 19.4 Å². The molecule has 1 fully saturated rings. The number of hydrogen-bond donors (Lipinski definition) is 1. The molecule has 0 radical (unpaired) electrons. The van der Waals surface area contributed by atoms with Crippen molar-refractivity contribution in [3.05, 3.63) is 29.8 Å². The summed E-state index contributed by atoms with van der Waals surface area (Å²) in [5.41, 5.74) is 1.00. The lowest BCUT2D eigenvalue weighted by Crippen LogP contribution is -2.44. The van der Waals surface area contributed by atoms with E-state index in [2.05, 4.69) is 27.0 Å². The fraction of sp³-hybridized carbons (Fsp3) is 0.611. The van der Waals surface area contributed by atoms with Crippen LogP contribution in [0, 0.1) is 5.92 Å². The third kappa shape index (κ3) is 6.49. The van der Waals surface area contributed by atoms with Crippen molar-refractivity contribution in [1.29, 1.82) is 0 Å². The molecule has 1 saturated heterocycles. The molecule has 2 rings (SSSR count). The van der Waals surface area contributed by atoms with Crippen molar-refractivity contribution in [2.75, 3.05) is 40.8 Å². The molecule has 7 heteroatoms. The maximum Gasteiger partial charge on any atom is 0.387 e. The van der Waals surface area contributed by atoms with Crippen LogP contribution in [0.4, 0.5) is 8.78 Å². The summed E-state index contributed by atoms with van der Waals surface area (Å²) in [7, 11) is 5.89. The van der Waals surface area contributed by atoms with E-state index in [1.54, 1.807) is 31.3 Å². The highest BCUT2D eigenvalue weighted by Crippen LogP contribution is 2.16. The van der Waals surface area contributed by atoms with Gasteiger partial charge in [-0.1, -0.05) is 12.1 Å². The molecule has 1 aliphatic rings. The summed E-state index contributed by atoms with van der Waals surface area (Å²) in [6.07, 6.45) is 2.48. The number of benzene rings is 1. The second-order valence-electron chi connectivity index (χ2n) is 6.58. The lowest BCUT2D eigenvalue weighted by atomic mass is 9.98. The summed E-state index contributed by atoms with van der Waals surface area (Å²) in [5.74, 6) is 1.64. The molecule has 1 N–H and O–H groups in total. The number of nitrogens with zero attached hydrogens (tertiary/aromatic N) is 3. The zero-order valence-corrected chi connectivity index (χ0v) is 15.2. The molecule has 25 heavy (non-hydrogen) atoms. The molecule has 0 bridgehead atoms. The van der Waals surface area contributed by atoms with E-state index in [-0.39, 0.29) is 5.75 Å². The molecule has 140 valence electrons. The van der Waals surface area contributed by atoms with Gasteiger partial charge in [-0.2, -0.15) is 8.78 Å². The van der Waals surface area contributed by atoms with Crippen LogP contribution in [-0.2, 0) is 6.54 Å². The van der Waals surface area contributed by atoms with Gasteiger partial charge in [0.05, 0.1) is 0 Å². The van der Waals surface area contributed by atoms with E-state index in [4.69, 9.17) is 0 Å². The zero-order valence-electron chi connectivity index (χ0n) is 15.2. The van der Waals surface area contributed by atoms with Gasteiger partial charge in [0.25, 0.3) is 0 Å². The molecule has 1 heterocycles. The number of rotatable bonds is 6. The minimum absolute atomic E-state index is 0.172. The minimum atomic E-state index is -2.80. The van der Waals surface area contributed by atoms with Crippen LogP contribution in [0.2, 0.25) is 0 Å². The Labute approximate surface area is 148 Å². The number of ether oxygens (including phenoxy) is 1. The Morgan fingerprint density at radius 3 is 2.72 bits per heavy atom. The van der Waals surface area contributed by atoms with Crippen LogP contribution in [0.25, 0.3) is 0 Å². The number of piperidine rings is 1. The highest BCUT2D eigenvalue weighted by molar-refractivity contribution is 5.79. The molecule has 0 aliphatic carbocycles. The number of nitrogens with one attached hydrogen (secondary N) is 1. The second-order valence-corrected chi connectivity index (χ2v) is 6.58.